The van der Waals surface area contributed by atoms with Crippen LogP contribution in [0.5, 0.6) is 5.75 Å². The minimum atomic E-state index is -0.471. The molecule has 0 amide bonds. The van der Waals surface area contributed by atoms with E-state index in [9.17, 15) is 5.11 Å². The van der Waals surface area contributed by atoms with Gasteiger partial charge in [0.25, 0.3) is 0 Å². The van der Waals surface area contributed by atoms with Crippen molar-refractivity contribution in [3.05, 3.63) is 28.8 Å². The van der Waals surface area contributed by atoms with E-state index in [0.717, 1.165) is 37.6 Å². The van der Waals surface area contributed by atoms with Crippen LogP contribution >= 0.6 is 0 Å². The standard InChI is InChI=1S/C15H21NO3/c1-10-7-12-14(8-11(10)2)19-9-13(15(12)17)16-3-5-18-6-4-16/h7-8,13,15,17H,3-6,9H2,1-2H3. The van der Waals surface area contributed by atoms with Gasteiger partial charge in [0.05, 0.1) is 19.3 Å². The van der Waals surface area contributed by atoms with Gasteiger partial charge in [0, 0.05) is 18.7 Å². The van der Waals surface area contributed by atoms with Gasteiger partial charge in [-0.15, -0.1) is 0 Å². The Bertz CT molecular complexity index is 469. The molecule has 4 nitrogen and oxygen atoms in total. The molecule has 1 fully saturated rings. The van der Waals surface area contributed by atoms with Crippen LogP contribution in [0.2, 0.25) is 0 Å². The number of aliphatic hydroxyl groups is 1. The van der Waals surface area contributed by atoms with E-state index in [2.05, 4.69) is 24.8 Å². The third-order valence-corrected chi connectivity index (χ3v) is 4.23. The van der Waals surface area contributed by atoms with Gasteiger partial charge in [-0.1, -0.05) is 0 Å². The fraction of sp³-hybridized carbons (Fsp3) is 0.600. The van der Waals surface area contributed by atoms with Crippen LogP contribution in [0.3, 0.4) is 0 Å². The van der Waals surface area contributed by atoms with E-state index in [-0.39, 0.29) is 6.04 Å². The number of nitrogens with zero attached hydrogens (tertiary/aromatic N) is 1. The van der Waals surface area contributed by atoms with Gasteiger partial charge >= 0.3 is 0 Å². The molecular weight excluding hydrogens is 242 g/mol. The molecule has 0 radical (unpaired) electrons. The molecule has 1 aromatic carbocycles. The highest BCUT2D eigenvalue weighted by Crippen LogP contribution is 2.36. The Balaban J connectivity index is 1.86. The Morgan fingerprint density at radius 1 is 1.16 bits per heavy atom. The molecule has 2 aliphatic rings. The van der Waals surface area contributed by atoms with Crippen molar-refractivity contribution >= 4 is 0 Å². The molecule has 3 rings (SSSR count). The summed E-state index contributed by atoms with van der Waals surface area (Å²) in [5.74, 6) is 0.833. The minimum absolute atomic E-state index is 0.0403. The van der Waals surface area contributed by atoms with Gasteiger partial charge in [-0.25, -0.2) is 0 Å². The molecule has 2 heterocycles. The van der Waals surface area contributed by atoms with Gasteiger partial charge in [0.1, 0.15) is 18.5 Å². The first kappa shape index (κ1) is 12.9. The second-order valence-electron chi connectivity index (χ2n) is 5.45. The molecule has 2 aliphatic heterocycles. The molecular formula is C15H21NO3. The van der Waals surface area contributed by atoms with Crippen LogP contribution in [-0.4, -0.2) is 49.0 Å². The van der Waals surface area contributed by atoms with E-state index < -0.39 is 6.10 Å². The summed E-state index contributed by atoms with van der Waals surface area (Å²) in [6.07, 6.45) is -0.471. The zero-order chi connectivity index (χ0) is 13.4. The smallest absolute Gasteiger partial charge is 0.125 e. The van der Waals surface area contributed by atoms with Crippen molar-refractivity contribution in [2.24, 2.45) is 0 Å². The molecule has 1 saturated heterocycles. The molecule has 0 saturated carbocycles. The maximum atomic E-state index is 10.6. The van der Waals surface area contributed by atoms with Crippen molar-refractivity contribution in [1.82, 2.24) is 4.90 Å². The van der Waals surface area contributed by atoms with E-state index in [1.165, 1.54) is 11.1 Å². The first-order valence-electron chi connectivity index (χ1n) is 6.90. The number of aliphatic hydroxyl groups excluding tert-OH is 1. The predicted molar refractivity (Wildman–Crippen MR) is 72.6 cm³/mol. The minimum Gasteiger partial charge on any atom is -0.491 e. The number of hydrogen-bond acceptors (Lipinski definition) is 4. The number of aryl methyl sites for hydroxylation is 2. The average molecular weight is 263 g/mol. The van der Waals surface area contributed by atoms with Crippen molar-refractivity contribution in [2.75, 3.05) is 32.9 Å². The van der Waals surface area contributed by atoms with Crippen LogP contribution < -0.4 is 4.74 Å². The van der Waals surface area contributed by atoms with E-state index in [1.54, 1.807) is 0 Å². The van der Waals surface area contributed by atoms with Gasteiger partial charge in [-0.3, -0.25) is 4.90 Å². The summed E-state index contributed by atoms with van der Waals surface area (Å²) in [6.45, 7) is 7.90. The second kappa shape index (κ2) is 5.12. The maximum Gasteiger partial charge on any atom is 0.125 e. The lowest BCUT2D eigenvalue weighted by molar-refractivity contribution is -0.0454. The van der Waals surface area contributed by atoms with Gasteiger partial charge in [-0.2, -0.15) is 0 Å². The Hall–Kier alpha value is -1.10. The van der Waals surface area contributed by atoms with Crippen LogP contribution in [0.1, 0.15) is 22.8 Å². The predicted octanol–water partition coefficient (Wildman–Crippen LogP) is 1.43. The first-order valence-corrected chi connectivity index (χ1v) is 6.90. The SMILES string of the molecule is Cc1cc2c(cc1C)C(O)C(N1CCOCC1)CO2. The number of benzene rings is 1. The summed E-state index contributed by atoms with van der Waals surface area (Å²) in [4.78, 5) is 2.27. The molecule has 0 spiro atoms. The first-order chi connectivity index (χ1) is 9.16. The normalized spacial score (nSPS) is 27.7. The number of morpholine rings is 1. The molecule has 0 bridgehead atoms. The zero-order valence-corrected chi connectivity index (χ0v) is 11.6. The fourth-order valence-corrected chi connectivity index (χ4v) is 2.86. The molecule has 104 valence electrons. The summed E-state index contributed by atoms with van der Waals surface area (Å²) < 4.78 is 11.2. The Morgan fingerprint density at radius 2 is 1.84 bits per heavy atom. The fourth-order valence-electron chi connectivity index (χ4n) is 2.86. The summed E-state index contributed by atoms with van der Waals surface area (Å²) >= 11 is 0. The van der Waals surface area contributed by atoms with Gasteiger partial charge in [-0.05, 0) is 37.1 Å². The third-order valence-electron chi connectivity index (χ3n) is 4.23. The van der Waals surface area contributed by atoms with Crippen molar-refractivity contribution in [2.45, 2.75) is 26.0 Å². The molecule has 1 aromatic rings. The van der Waals surface area contributed by atoms with Crippen LogP contribution in [0.4, 0.5) is 0 Å². The summed E-state index contributed by atoms with van der Waals surface area (Å²) in [6, 6.07) is 4.13. The third kappa shape index (κ3) is 2.36. The van der Waals surface area contributed by atoms with Gasteiger partial charge < -0.3 is 14.6 Å². The summed E-state index contributed by atoms with van der Waals surface area (Å²) in [5.41, 5.74) is 3.32. The lowest BCUT2D eigenvalue weighted by Gasteiger charge is -2.40. The highest BCUT2D eigenvalue weighted by molar-refractivity contribution is 5.44. The van der Waals surface area contributed by atoms with Crippen LogP contribution in [0.15, 0.2) is 12.1 Å². The lowest BCUT2D eigenvalue weighted by Crippen LogP contribution is -2.50. The van der Waals surface area contributed by atoms with Gasteiger partial charge in [0.15, 0.2) is 0 Å². The van der Waals surface area contributed by atoms with Crippen molar-refractivity contribution in [1.29, 1.82) is 0 Å². The molecule has 0 aromatic heterocycles. The van der Waals surface area contributed by atoms with Crippen LogP contribution in [0, 0.1) is 13.8 Å². The summed E-state index contributed by atoms with van der Waals surface area (Å²) in [7, 11) is 0. The number of rotatable bonds is 1. The van der Waals surface area contributed by atoms with Crippen molar-refractivity contribution < 1.29 is 14.6 Å². The quantitative estimate of drug-likeness (QED) is 0.832. The summed E-state index contributed by atoms with van der Waals surface area (Å²) in [5, 5.41) is 10.6. The van der Waals surface area contributed by atoms with E-state index >= 15 is 0 Å². The van der Waals surface area contributed by atoms with Crippen LogP contribution in [-0.2, 0) is 4.74 Å². The molecule has 0 aliphatic carbocycles. The number of ether oxygens (including phenoxy) is 2. The van der Waals surface area contributed by atoms with Crippen molar-refractivity contribution in [3.8, 4) is 5.75 Å². The Kier molecular flexibility index (Phi) is 3.48. The topological polar surface area (TPSA) is 41.9 Å². The molecule has 1 N–H and O–H groups in total. The monoisotopic (exact) mass is 263 g/mol. The Morgan fingerprint density at radius 3 is 2.58 bits per heavy atom. The molecule has 4 heteroatoms. The lowest BCUT2D eigenvalue weighted by atomic mass is 9.94. The molecule has 2 unspecified atom stereocenters. The highest BCUT2D eigenvalue weighted by atomic mass is 16.5. The molecule has 2 atom stereocenters. The van der Waals surface area contributed by atoms with E-state index in [0.29, 0.717) is 6.61 Å². The molecule has 19 heavy (non-hydrogen) atoms. The van der Waals surface area contributed by atoms with Gasteiger partial charge in [0.2, 0.25) is 0 Å². The van der Waals surface area contributed by atoms with E-state index in [1.807, 2.05) is 6.07 Å². The Labute approximate surface area is 113 Å². The number of fused-ring (bicyclic) bond motifs is 1. The van der Waals surface area contributed by atoms with Crippen molar-refractivity contribution in [3.63, 3.8) is 0 Å². The average Bonchev–Trinajstić information content (AvgIpc) is 2.42. The zero-order valence-electron chi connectivity index (χ0n) is 11.6. The number of hydrogen-bond donors (Lipinski definition) is 1. The maximum absolute atomic E-state index is 10.6. The largest absolute Gasteiger partial charge is 0.491 e. The highest BCUT2D eigenvalue weighted by Gasteiger charge is 2.34. The van der Waals surface area contributed by atoms with Crippen LogP contribution in [0.25, 0.3) is 0 Å². The van der Waals surface area contributed by atoms with E-state index in [4.69, 9.17) is 9.47 Å². The second-order valence-corrected chi connectivity index (χ2v) is 5.45.